The van der Waals surface area contributed by atoms with E-state index in [0.29, 0.717) is 12.2 Å². The Balaban J connectivity index is 1.30. The lowest BCUT2D eigenvalue weighted by Gasteiger charge is -2.38. The Morgan fingerprint density at radius 2 is 1.90 bits per heavy atom. The van der Waals surface area contributed by atoms with Crippen molar-refractivity contribution in [1.82, 2.24) is 25.5 Å². The molecule has 0 atom stereocenters. The molecule has 1 aromatic heterocycles. The molecule has 150 valence electrons. The quantitative estimate of drug-likeness (QED) is 0.564. The maximum absolute atomic E-state index is 5.64. The fourth-order valence-electron chi connectivity index (χ4n) is 3.47. The largest absolute Gasteiger partial charge is 0.368 e. The SMILES string of the molecule is Cc1cc(Br)ccc1N1CCN(C(=S)Nc2ccc(Cc3nn[nH]n3)cc2)CC1. The molecule has 0 aliphatic carbocycles. The molecular formula is C20H22BrN7S. The molecule has 1 fully saturated rings. The Hall–Kier alpha value is -2.52. The monoisotopic (exact) mass is 471 g/mol. The number of hydrogen-bond donors (Lipinski definition) is 2. The van der Waals surface area contributed by atoms with Crippen LogP contribution in [0.5, 0.6) is 0 Å². The summed E-state index contributed by atoms with van der Waals surface area (Å²) in [6, 6.07) is 14.6. The van der Waals surface area contributed by atoms with Crippen molar-refractivity contribution < 1.29 is 0 Å². The van der Waals surface area contributed by atoms with Crippen molar-refractivity contribution in [3.8, 4) is 0 Å². The molecule has 29 heavy (non-hydrogen) atoms. The van der Waals surface area contributed by atoms with Gasteiger partial charge in [0, 0.05) is 48.4 Å². The lowest BCUT2D eigenvalue weighted by atomic mass is 10.1. The van der Waals surface area contributed by atoms with Gasteiger partial charge in [-0.2, -0.15) is 5.21 Å². The third-order valence-electron chi connectivity index (χ3n) is 5.02. The van der Waals surface area contributed by atoms with Crippen molar-refractivity contribution in [1.29, 1.82) is 0 Å². The zero-order valence-corrected chi connectivity index (χ0v) is 18.5. The molecule has 4 rings (SSSR count). The highest BCUT2D eigenvalue weighted by Crippen LogP contribution is 2.25. The summed E-state index contributed by atoms with van der Waals surface area (Å²) < 4.78 is 1.12. The van der Waals surface area contributed by atoms with Crippen LogP contribution in [0.2, 0.25) is 0 Å². The maximum Gasteiger partial charge on any atom is 0.178 e. The number of nitrogens with zero attached hydrogens (tertiary/aromatic N) is 5. The molecule has 7 nitrogen and oxygen atoms in total. The highest BCUT2D eigenvalue weighted by Gasteiger charge is 2.20. The Bertz CT molecular complexity index is 967. The summed E-state index contributed by atoms with van der Waals surface area (Å²) in [7, 11) is 0. The van der Waals surface area contributed by atoms with Crippen molar-refractivity contribution in [3.05, 3.63) is 63.9 Å². The zero-order chi connectivity index (χ0) is 20.2. The number of piperazine rings is 1. The summed E-state index contributed by atoms with van der Waals surface area (Å²) in [6.07, 6.45) is 0.651. The standard InChI is InChI=1S/C20H22BrN7S/c1-14-12-16(21)4-7-18(14)27-8-10-28(11-9-27)20(29)22-17-5-2-15(3-6-17)13-19-23-25-26-24-19/h2-7,12H,8-11,13H2,1H3,(H,22,29)(H,23,24,25,26). The first-order valence-corrected chi connectivity index (χ1v) is 10.7. The van der Waals surface area contributed by atoms with Gasteiger partial charge in [-0.05, 0) is 60.6 Å². The minimum atomic E-state index is 0.651. The number of aromatic amines is 1. The first-order valence-electron chi connectivity index (χ1n) is 9.47. The molecule has 1 aliphatic heterocycles. The van der Waals surface area contributed by atoms with Gasteiger partial charge in [0.15, 0.2) is 10.9 Å². The molecule has 0 amide bonds. The van der Waals surface area contributed by atoms with Crippen LogP contribution in [0.3, 0.4) is 0 Å². The molecule has 0 saturated carbocycles. The van der Waals surface area contributed by atoms with Gasteiger partial charge in [0.1, 0.15) is 0 Å². The fraction of sp³-hybridized carbons (Fsp3) is 0.300. The summed E-state index contributed by atoms with van der Waals surface area (Å²) in [4.78, 5) is 4.65. The molecular weight excluding hydrogens is 450 g/mol. The summed E-state index contributed by atoms with van der Waals surface area (Å²) in [5.41, 5.74) is 4.69. The number of benzene rings is 2. The molecule has 2 heterocycles. The lowest BCUT2D eigenvalue weighted by molar-refractivity contribution is 0.390. The predicted octanol–water partition coefficient (Wildman–Crippen LogP) is 3.38. The molecule has 0 spiro atoms. The van der Waals surface area contributed by atoms with Crippen LogP contribution >= 0.6 is 28.1 Å². The van der Waals surface area contributed by atoms with Crippen LogP contribution in [-0.4, -0.2) is 56.8 Å². The van der Waals surface area contributed by atoms with Crippen LogP contribution in [0.25, 0.3) is 0 Å². The average molecular weight is 472 g/mol. The minimum absolute atomic E-state index is 0.651. The van der Waals surface area contributed by atoms with E-state index in [2.05, 4.69) is 88.9 Å². The number of H-pyrrole nitrogens is 1. The van der Waals surface area contributed by atoms with Gasteiger partial charge in [0.25, 0.3) is 0 Å². The highest BCUT2D eigenvalue weighted by atomic mass is 79.9. The van der Waals surface area contributed by atoms with Crippen molar-refractivity contribution in [2.75, 3.05) is 36.4 Å². The van der Waals surface area contributed by atoms with Crippen LogP contribution in [0.4, 0.5) is 11.4 Å². The van der Waals surface area contributed by atoms with E-state index in [-0.39, 0.29) is 0 Å². The van der Waals surface area contributed by atoms with Gasteiger partial charge in [0.05, 0.1) is 0 Å². The third-order valence-corrected chi connectivity index (χ3v) is 5.88. The summed E-state index contributed by atoms with van der Waals surface area (Å²) >= 11 is 9.17. The third kappa shape index (κ3) is 4.91. The van der Waals surface area contributed by atoms with Crippen LogP contribution < -0.4 is 10.2 Å². The zero-order valence-electron chi connectivity index (χ0n) is 16.1. The molecule has 0 unspecified atom stereocenters. The predicted molar refractivity (Wildman–Crippen MR) is 122 cm³/mol. The van der Waals surface area contributed by atoms with Crippen molar-refractivity contribution >= 4 is 44.6 Å². The lowest BCUT2D eigenvalue weighted by Crippen LogP contribution is -2.50. The van der Waals surface area contributed by atoms with Gasteiger partial charge in [-0.25, -0.2) is 0 Å². The van der Waals surface area contributed by atoms with Gasteiger partial charge in [0.2, 0.25) is 0 Å². The highest BCUT2D eigenvalue weighted by molar-refractivity contribution is 9.10. The Morgan fingerprint density at radius 3 is 2.55 bits per heavy atom. The van der Waals surface area contributed by atoms with Crippen LogP contribution in [-0.2, 0) is 6.42 Å². The van der Waals surface area contributed by atoms with Gasteiger partial charge >= 0.3 is 0 Å². The maximum atomic E-state index is 5.64. The Kier molecular flexibility index (Phi) is 6.05. The average Bonchev–Trinajstić information content (AvgIpc) is 3.23. The molecule has 0 radical (unpaired) electrons. The molecule has 0 bridgehead atoms. The Morgan fingerprint density at radius 1 is 1.14 bits per heavy atom. The van der Waals surface area contributed by atoms with Crippen LogP contribution in [0.1, 0.15) is 17.0 Å². The van der Waals surface area contributed by atoms with E-state index in [1.165, 1.54) is 11.3 Å². The van der Waals surface area contributed by atoms with E-state index >= 15 is 0 Å². The second kappa shape index (κ2) is 8.87. The second-order valence-electron chi connectivity index (χ2n) is 7.04. The number of anilines is 2. The smallest absolute Gasteiger partial charge is 0.178 e. The number of nitrogens with one attached hydrogen (secondary N) is 2. The second-order valence-corrected chi connectivity index (χ2v) is 8.34. The van der Waals surface area contributed by atoms with Crippen LogP contribution in [0.15, 0.2) is 46.9 Å². The summed E-state index contributed by atoms with van der Waals surface area (Å²) in [5, 5.41) is 18.1. The van der Waals surface area contributed by atoms with E-state index in [4.69, 9.17) is 12.2 Å². The van der Waals surface area contributed by atoms with Gasteiger partial charge in [-0.1, -0.05) is 33.3 Å². The van der Waals surface area contributed by atoms with Crippen LogP contribution in [0, 0.1) is 6.92 Å². The summed E-state index contributed by atoms with van der Waals surface area (Å²) in [6.45, 7) is 5.86. The van der Waals surface area contributed by atoms with Gasteiger partial charge in [-0.15, -0.1) is 10.2 Å². The number of aromatic nitrogens is 4. The molecule has 1 aliphatic rings. The van der Waals surface area contributed by atoms with Crippen molar-refractivity contribution in [3.63, 3.8) is 0 Å². The van der Waals surface area contributed by atoms with Gasteiger partial charge in [-0.3, -0.25) is 0 Å². The van der Waals surface area contributed by atoms with E-state index in [9.17, 15) is 0 Å². The summed E-state index contributed by atoms with van der Waals surface area (Å²) in [5.74, 6) is 0.681. The van der Waals surface area contributed by atoms with E-state index in [1.807, 2.05) is 12.1 Å². The number of halogens is 1. The first kappa shape index (κ1) is 19.8. The number of aryl methyl sites for hydroxylation is 1. The van der Waals surface area contributed by atoms with Gasteiger partial charge < -0.3 is 15.1 Å². The normalized spacial score (nSPS) is 14.1. The fourth-order valence-corrected chi connectivity index (χ4v) is 4.25. The van der Waals surface area contributed by atoms with Crippen molar-refractivity contribution in [2.24, 2.45) is 0 Å². The Labute approximate surface area is 183 Å². The number of thiocarbonyl (C=S) groups is 1. The molecule has 9 heteroatoms. The number of hydrogen-bond acceptors (Lipinski definition) is 5. The molecule has 2 N–H and O–H groups in total. The first-order chi connectivity index (χ1) is 14.1. The molecule has 1 saturated heterocycles. The topological polar surface area (TPSA) is 73.0 Å². The van der Waals surface area contributed by atoms with E-state index in [0.717, 1.165) is 47.0 Å². The number of tetrazole rings is 1. The molecule has 2 aromatic carbocycles. The number of rotatable bonds is 4. The molecule has 3 aromatic rings. The van der Waals surface area contributed by atoms with E-state index in [1.54, 1.807) is 0 Å². The van der Waals surface area contributed by atoms with Crippen molar-refractivity contribution in [2.45, 2.75) is 13.3 Å². The van der Waals surface area contributed by atoms with E-state index < -0.39 is 0 Å². The minimum Gasteiger partial charge on any atom is -0.368 e.